The number of hydrogen-bond donors (Lipinski definition) is 2. The molecular formula is C28H35Cl2N3O3. The highest BCUT2D eigenvalue weighted by molar-refractivity contribution is 6.32. The Hall–Kier alpha value is -1.99. The molecule has 2 aromatic carbocycles. The number of ether oxygens (including phenoxy) is 1. The highest BCUT2D eigenvalue weighted by Crippen LogP contribution is 2.34. The number of aliphatic hydroxyl groups excluding tert-OH is 1. The van der Waals surface area contributed by atoms with Gasteiger partial charge in [0.15, 0.2) is 0 Å². The van der Waals surface area contributed by atoms with Crippen molar-refractivity contribution < 1.29 is 14.6 Å². The van der Waals surface area contributed by atoms with Gasteiger partial charge in [0.05, 0.1) is 23.1 Å². The molecule has 2 saturated heterocycles. The number of carbonyl (C=O) groups excluding carboxylic acids is 1. The average molecular weight is 533 g/mol. The minimum absolute atomic E-state index is 0.00712. The van der Waals surface area contributed by atoms with E-state index in [-0.39, 0.29) is 17.9 Å². The fourth-order valence-corrected chi connectivity index (χ4v) is 5.56. The quantitative estimate of drug-likeness (QED) is 0.473. The fraction of sp³-hybridized carbons (Fsp3) is 0.536. The van der Waals surface area contributed by atoms with Crippen LogP contribution in [0.1, 0.15) is 50.2 Å². The highest BCUT2D eigenvalue weighted by atomic mass is 35.5. The van der Waals surface area contributed by atoms with E-state index in [9.17, 15) is 9.90 Å². The maximum absolute atomic E-state index is 13.4. The summed E-state index contributed by atoms with van der Waals surface area (Å²) >= 11 is 12.5. The number of likely N-dealkylation sites (tertiary alicyclic amines) is 1. The molecule has 0 bridgehead atoms. The third-order valence-corrected chi connectivity index (χ3v) is 8.03. The monoisotopic (exact) mass is 531 g/mol. The zero-order valence-electron chi connectivity index (χ0n) is 20.5. The molecule has 194 valence electrons. The van der Waals surface area contributed by atoms with Crippen LogP contribution in [0.3, 0.4) is 0 Å². The molecule has 3 atom stereocenters. The maximum atomic E-state index is 13.4. The van der Waals surface area contributed by atoms with Crippen molar-refractivity contribution in [2.45, 2.75) is 56.8 Å². The summed E-state index contributed by atoms with van der Waals surface area (Å²) in [5, 5.41) is 15.8. The van der Waals surface area contributed by atoms with E-state index in [1.165, 1.54) is 6.42 Å². The summed E-state index contributed by atoms with van der Waals surface area (Å²) in [5.41, 5.74) is 1.77. The van der Waals surface area contributed by atoms with Gasteiger partial charge in [-0.25, -0.2) is 0 Å². The molecule has 1 amide bonds. The third kappa shape index (κ3) is 6.46. The van der Waals surface area contributed by atoms with E-state index in [2.05, 4.69) is 15.1 Å². The van der Waals surface area contributed by atoms with Gasteiger partial charge in [0.1, 0.15) is 11.9 Å². The van der Waals surface area contributed by atoms with Crippen LogP contribution in [0.2, 0.25) is 10.0 Å². The molecule has 1 saturated carbocycles. The molecule has 5 rings (SSSR count). The van der Waals surface area contributed by atoms with Crippen molar-refractivity contribution >= 4 is 34.8 Å². The summed E-state index contributed by atoms with van der Waals surface area (Å²) < 4.78 is 5.85. The minimum Gasteiger partial charge on any atom is -0.489 e. The van der Waals surface area contributed by atoms with E-state index in [1.807, 2.05) is 36.4 Å². The van der Waals surface area contributed by atoms with Crippen LogP contribution < -0.4 is 15.0 Å². The average Bonchev–Trinajstić information content (AvgIpc) is 3.57. The molecule has 3 unspecified atom stereocenters. The van der Waals surface area contributed by atoms with Crippen LogP contribution in [-0.4, -0.2) is 60.8 Å². The van der Waals surface area contributed by atoms with Gasteiger partial charge in [-0.15, -0.1) is 0 Å². The van der Waals surface area contributed by atoms with E-state index in [0.29, 0.717) is 34.4 Å². The second-order valence-corrected chi connectivity index (χ2v) is 11.2. The Morgan fingerprint density at radius 2 is 1.78 bits per heavy atom. The first-order chi connectivity index (χ1) is 17.5. The van der Waals surface area contributed by atoms with Crippen LogP contribution in [0.4, 0.5) is 5.69 Å². The Morgan fingerprint density at radius 1 is 1.03 bits per heavy atom. The first-order valence-corrected chi connectivity index (χ1v) is 13.9. The van der Waals surface area contributed by atoms with Gasteiger partial charge in [-0.3, -0.25) is 4.79 Å². The second-order valence-electron chi connectivity index (χ2n) is 10.3. The van der Waals surface area contributed by atoms with Gasteiger partial charge in [-0.2, -0.15) is 0 Å². The molecule has 0 spiro atoms. The van der Waals surface area contributed by atoms with Gasteiger partial charge in [0, 0.05) is 30.3 Å². The largest absolute Gasteiger partial charge is 0.489 e. The van der Waals surface area contributed by atoms with Crippen LogP contribution in [0.15, 0.2) is 42.5 Å². The lowest BCUT2D eigenvalue weighted by Gasteiger charge is -2.33. The summed E-state index contributed by atoms with van der Waals surface area (Å²) in [5.74, 6) is 0.516. The van der Waals surface area contributed by atoms with Crippen molar-refractivity contribution in [3.05, 3.63) is 58.1 Å². The van der Waals surface area contributed by atoms with Crippen LogP contribution in [0, 0.1) is 5.92 Å². The number of carbonyl (C=O) groups is 1. The van der Waals surface area contributed by atoms with Crippen molar-refractivity contribution in [2.24, 2.45) is 5.92 Å². The van der Waals surface area contributed by atoms with Gasteiger partial charge >= 0.3 is 0 Å². The standard InChI is InChI=1S/C28H35Cl2N3O3/c29-21-5-7-22(8-6-21)33-15-12-20(17-33)28(35)31-25(18-32-13-2-1-3-14-32)27(34)19-4-11-26(24(30)16-19)36-23-9-10-23/h4-8,11,16,20,23,25,27,34H,1-3,9-10,12-15,17-18H2,(H,31,35). The predicted octanol–water partition coefficient (Wildman–Crippen LogP) is 5.07. The van der Waals surface area contributed by atoms with Crippen LogP contribution >= 0.6 is 23.2 Å². The molecular weight excluding hydrogens is 497 g/mol. The Bertz CT molecular complexity index is 1040. The number of amides is 1. The summed E-state index contributed by atoms with van der Waals surface area (Å²) in [6.45, 7) is 4.05. The van der Waals surface area contributed by atoms with Crippen molar-refractivity contribution in [1.82, 2.24) is 10.2 Å². The van der Waals surface area contributed by atoms with E-state index in [0.717, 1.165) is 57.4 Å². The minimum atomic E-state index is -0.864. The second kappa shape index (κ2) is 11.6. The molecule has 2 aromatic rings. The first-order valence-electron chi connectivity index (χ1n) is 13.1. The Morgan fingerprint density at radius 3 is 2.47 bits per heavy atom. The zero-order valence-corrected chi connectivity index (χ0v) is 22.1. The number of halogens is 2. The van der Waals surface area contributed by atoms with Crippen molar-refractivity contribution in [3.8, 4) is 5.75 Å². The molecule has 36 heavy (non-hydrogen) atoms. The van der Waals surface area contributed by atoms with Gasteiger partial charge in [0.2, 0.25) is 5.91 Å². The molecule has 6 nitrogen and oxygen atoms in total. The predicted molar refractivity (Wildman–Crippen MR) is 144 cm³/mol. The van der Waals surface area contributed by atoms with E-state index < -0.39 is 12.1 Å². The molecule has 0 aromatic heterocycles. The van der Waals surface area contributed by atoms with Crippen molar-refractivity contribution in [2.75, 3.05) is 37.6 Å². The van der Waals surface area contributed by atoms with Crippen LogP contribution in [0.5, 0.6) is 5.75 Å². The lowest BCUT2D eigenvalue weighted by molar-refractivity contribution is -0.126. The van der Waals surface area contributed by atoms with E-state index in [4.69, 9.17) is 27.9 Å². The summed E-state index contributed by atoms with van der Waals surface area (Å²) in [4.78, 5) is 17.9. The Balaban J connectivity index is 1.27. The number of nitrogens with zero attached hydrogens (tertiary/aromatic N) is 2. The number of hydrogen-bond acceptors (Lipinski definition) is 5. The van der Waals surface area contributed by atoms with Crippen molar-refractivity contribution in [1.29, 1.82) is 0 Å². The highest BCUT2D eigenvalue weighted by Gasteiger charge is 2.33. The molecule has 0 radical (unpaired) electrons. The first kappa shape index (κ1) is 25.7. The normalized spacial score (nSPS) is 22.3. The van der Waals surface area contributed by atoms with Crippen molar-refractivity contribution in [3.63, 3.8) is 0 Å². The summed E-state index contributed by atoms with van der Waals surface area (Å²) in [7, 11) is 0. The molecule has 2 aliphatic heterocycles. The molecule has 3 fully saturated rings. The third-order valence-electron chi connectivity index (χ3n) is 7.48. The number of benzene rings is 2. The number of aliphatic hydroxyl groups is 1. The molecule has 8 heteroatoms. The lowest BCUT2D eigenvalue weighted by atomic mass is 9.99. The lowest BCUT2D eigenvalue weighted by Crippen LogP contribution is -2.50. The summed E-state index contributed by atoms with van der Waals surface area (Å²) in [6, 6.07) is 12.8. The SMILES string of the molecule is O=C(NC(CN1CCCCC1)C(O)c1ccc(OC2CC2)c(Cl)c1)C1CCN(c2ccc(Cl)cc2)C1. The Kier molecular flexibility index (Phi) is 8.26. The number of nitrogens with one attached hydrogen (secondary N) is 1. The Labute approximate surface area is 223 Å². The van der Waals surface area contributed by atoms with Gasteiger partial charge in [-0.1, -0.05) is 35.7 Å². The van der Waals surface area contributed by atoms with E-state index in [1.54, 1.807) is 6.07 Å². The topological polar surface area (TPSA) is 65.0 Å². The number of rotatable bonds is 9. The molecule has 2 heterocycles. The fourth-order valence-electron chi connectivity index (χ4n) is 5.20. The molecule has 2 N–H and O–H groups in total. The van der Waals surface area contributed by atoms with Gasteiger partial charge in [-0.05, 0) is 87.2 Å². The smallest absolute Gasteiger partial charge is 0.225 e. The van der Waals surface area contributed by atoms with Gasteiger partial charge in [0.25, 0.3) is 0 Å². The zero-order chi connectivity index (χ0) is 25.1. The number of piperidine rings is 1. The summed E-state index contributed by atoms with van der Waals surface area (Å²) in [6.07, 6.45) is 5.81. The van der Waals surface area contributed by atoms with Crippen LogP contribution in [0.25, 0.3) is 0 Å². The maximum Gasteiger partial charge on any atom is 0.225 e. The molecule has 3 aliphatic rings. The van der Waals surface area contributed by atoms with Crippen LogP contribution in [-0.2, 0) is 4.79 Å². The van der Waals surface area contributed by atoms with E-state index >= 15 is 0 Å². The van der Waals surface area contributed by atoms with Gasteiger partial charge < -0.3 is 25.0 Å². The number of anilines is 1. The molecule has 1 aliphatic carbocycles.